The fourth-order valence-corrected chi connectivity index (χ4v) is 13.5. The van der Waals surface area contributed by atoms with E-state index in [1.807, 2.05) is 35.1 Å². The molecule has 9 rings (SSSR count). The SMILES string of the molecule is CC1(C)CCC(CN2CCN(c3ccc(C(=O)NS(=O)(=O)c4ccc(N[C@H](CCN5CCNCC5)CSc5ccccc5)c(S(=O)(=O)C(F)(F)F)c4)cc3)CC2)=C(C23CC(C(F)F)(C2)C3)C1. The number of anilines is 2. The van der Waals surface area contributed by atoms with E-state index in [2.05, 4.69) is 39.2 Å². The third-order valence-electron chi connectivity index (χ3n) is 14.3. The highest BCUT2D eigenvalue weighted by Crippen LogP contribution is 2.79. The zero-order valence-electron chi connectivity index (χ0n) is 37.3. The molecular weight excluding hydrogens is 920 g/mol. The molecule has 6 aliphatic rings. The molecule has 3 N–H and O–H groups in total. The highest BCUT2D eigenvalue weighted by Gasteiger charge is 2.73. The summed E-state index contributed by atoms with van der Waals surface area (Å²) in [5.74, 6) is -0.664. The van der Waals surface area contributed by atoms with Crippen molar-refractivity contribution < 1.29 is 43.6 Å². The van der Waals surface area contributed by atoms with Gasteiger partial charge in [-0.2, -0.15) is 13.2 Å². The van der Waals surface area contributed by atoms with Crippen LogP contribution in [0, 0.1) is 16.2 Å². The van der Waals surface area contributed by atoms with E-state index in [9.17, 15) is 43.6 Å². The number of carbonyl (C=O) groups is 1. The van der Waals surface area contributed by atoms with Gasteiger partial charge in [0, 0.05) is 98.8 Å². The van der Waals surface area contributed by atoms with Crippen LogP contribution in [0.5, 0.6) is 0 Å². The maximum Gasteiger partial charge on any atom is 0.501 e. The number of hydrogen-bond donors (Lipinski definition) is 3. The molecule has 4 aliphatic carbocycles. The van der Waals surface area contributed by atoms with Crippen molar-refractivity contribution in [2.45, 2.75) is 91.5 Å². The molecule has 0 aromatic heterocycles. The quantitative estimate of drug-likeness (QED) is 0.0691. The van der Waals surface area contributed by atoms with Crippen molar-refractivity contribution >= 4 is 48.9 Å². The summed E-state index contributed by atoms with van der Waals surface area (Å²) in [5, 5.41) is 6.27. The Morgan fingerprint density at radius 3 is 2.17 bits per heavy atom. The van der Waals surface area contributed by atoms with Gasteiger partial charge in [0.25, 0.3) is 25.8 Å². The molecule has 2 bridgehead atoms. The van der Waals surface area contributed by atoms with Crippen molar-refractivity contribution in [3.8, 4) is 0 Å². The van der Waals surface area contributed by atoms with Gasteiger partial charge < -0.3 is 20.4 Å². The van der Waals surface area contributed by atoms with Gasteiger partial charge in [-0.25, -0.2) is 30.3 Å². The molecule has 19 heteroatoms. The number of halogens is 5. The Kier molecular flexibility index (Phi) is 14.0. The van der Waals surface area contributed by atoms with Gasteiger partial charge in [0.05, 0.1) is 10.6 Å². The van der Waals surface area contributed by atoms with Gasteiger partial charge in [0.15, 0.2) is 0 Å². The lowest BCUT2D eigenvalue weighted by molar-refractivity contribution is -0.250. The minimum atomic E-state index is -6.06. The molecule has 2 heterocycles. The first kappa shape index (κ1) is 48.7. The van der Waals surface area contributed by atoms with Crippen LogP contribution < -0.4 is 20.3 Å². The number of carbonyl (C=O) groups excluding carboxylic acids is 1. The molecule has 3 aromatic carbocycles. The highest BCUT2D eigenvalue weighted by molar-refractivity contribution is 7.99. The summed E-state index contributed by atoms with van der Waals surface area (Å²) in [6, 6.07) is 17.6. The molecule has 0 radical (unpaired) electrons. The minimum absolute atomic E-state index is 0.0208. The van der Waals surface area contributed by atoms with Crippen molar-refractivity contribution in [3.63, 3.8) is 0 Å². The fraction of sp³-hybridized carbons (Fsp3) is 0.553. The fourth-order valence-electron chi connectivity index (χ4n) is 10.5. The third-order valence-corrected chi connectivity index (χ3v) is 18.3. The number of sulfonamides is 1. The molecule has 1 atom stereocenters. The van der Waals surface area contributed by atoms with Crippen LogP contribution in [-0.2, 0) is 19.9 Å². The maximum absolute atomic E-state index is 14.2. The lowest BCUT2D eigenvalue weighted by Gasteiger charge is -2.72. The van der Waals surface area contributed by atoms with Crippen molar-refractivity contribution in [1.29, 1.82) is 0 Å². The van der Waals surface area contributed by atoms with Crippen molar-refractivity contribution in [1.82, 2.24) is 19.8 Å². The predicted octanol–water partition coefficient (Wildman–Crippen LogP) is 8.03. The zero-order chi connectivity index (χ0) is 47.1. The maximum atomic E-state index is 14.2. The number of hydrogen-bond acceptors (Lipinski definition) is 11. The van der Waals surface area contributed by atoms with Crippen LogP contribution in [0.2, 0.25) is 0 Å². The van der Waals surface area contributed by atoms with E-state index < -0.39 is 64.6 Å². The molecule has 66 heavy (non-hydrogen) atoms. The Hall–Kier alpha value is -3.75. The predicted molar refractivity (Wildman–Crippen MR) is 247 cm³/mol. The van der Waals surface area contributed by atoms with Crippen molar-refractivity contribution in [2.24, 2.45) is 16.2 Å². The van der Waals surface area contributed by atoms with Crippen molar-refractivity contribution in [2.75, 3.05) is 81.4 Å². The van der Waals surface area contributed by atoms with Crippen LogP contribution in [0.15, 0.2) is 98.6 Å². The molecule has 1 amide bonds. The van der Waals surface area contributed by atoms with Crippen LogP contribution in [-0.4, -0.2) is 122 Å². The molecule has 0 unspecified atom stereocenters. The Morgan fingerprint density at radius 1 is 0.864 bits per heavy atom. The van der Waals surface area contributed by atoms with Gasteiger partial charge >= 0.3 is 5.51 Å². The Balaban J connectivity index is 0.917. The topological polar surface area (TPSA) is 131 Å². The number of piperazine rings is 2. The number of allylic oxidation sites excluding steroid dienone is 1. The Bertz CT molecular complexity index is 2470. The summed E-state index contributed by atoms with van der Waals surface area (Å²) in [6.07, 6.45) is 3.03. The standard InChI is InChI=1S/C47H59F5N6O5S3/c1-44(2)16-14-34(39(27-44)45-30-46(31-45,32-45)43(48)49)28-57-22-24-58(25-23-57)36-10-8-33(9-11-36)42(59)55-66(62,63)38-12-13-40(41(26-38)65(60,61)47(50,51)52)54-35(15-19-56-20-17-53-18-21-56)29-64-37-6-4-3-5-7-37/h3-13,26,35,43,53-54H,14-25,27-32H2,1-2H3,(H,55,59)/t35-,45?,46?/m1/s1. The van der Waals surface area contributed by atoms with Gasteiger partial charge in [-0.15, -0.1) is 11.8 Å². The number of nitrogens with one attached hydrogen (secondary N) is 3. The van der Waals surface area contributed by atoms with E-state index in [0.29, 0.717) is 57.1 Å². The third kappa shape index (κ3) is 10.5. The van der Waals surface area contributed by atoms with Crippen molar-refractivity contribution in [3.05, 3.63) is 89.5 Å². The Morgan fingerprint density at radius 2 is 1.53 bits per heavy atom. The van der Waals surface area contributed by atoms with E-state index in [0.717, 1.165) is 87.8 Å². The van der Waals surface area contributed by atoms with Gasteiger partial charge in [0.1, 0.15) is 4.90 Å². The molecule has 11 nitrogen and oxygen atoms in total. The number of alkyl halides is 5. The number of amides is 1. The van der Waals surface area contributed by atoms with E-state index >= 15 is 0 Å². The summed E-state index contributed by atoms with van der Waals surface area (Å²) in [5.41, 5.74) is -3.17. The first-order valence-corrected chi connectivity index (χ1v) is 26.6. The van der Waals surface area contributed by atoms with E-state index in [1.165, 1.54) is 35.0 Å². The first-order chi connectivity index (χ1) is 31.2. The molecule has 0 spiro atoms. The van der Waals surface area contributed by atoms with Crippen LogP contribution in [0.4, 0.5) is 33.3 Å². The smallest absolute Gasteiger partial charge is 0.380 e. The number of thioether (sulfide) groups is 1. The molecule has 3 aromatic rings. The molecule has 5 fully saturated rings. The summed E-state index contributed by atoms with van der Waals surface area (Å²) < 4.78 is 125. The summed E-state index contributed by atoms with van der Waals surface area (Å²) >= 11 is 1.45. The van der Waals surface area contributed by atoms with E-state index in [-0.39, 0.29) is 16.4 Å². The van der Waals surface area contributed by atoms with Crippen LogP contribution in [0.3, 0.4) is 0 Å². The number of sulfone groups is 1. The van der Waals surface area contributed by atoms with Gasteiger partial charge in [-0.1, -0.05) is 43.2 Å². The number of rotatable bonds is 17. The molecular formula is C47H59F5N6O5S3. The summed E-state index contributed by atoms with van der Waals surface area (Å²) in [7, 11) is -10.9. The normalized spacial score (nSPS) is 24.4. The Labute approximate surface area is 389 Å². The number of benzene rings is 3. The minimum Gasteiger partial charge on any atom is -0.380 e. The molecule has 3 saturated carbocycles. The van der Waals surface area contributed by atoms with E-state index in [1.54, 1.807) is 12.1 Å². The summed E-state index contributed by atoms with van der Waals surface area (Å²) in [6.45, 7) is 12.1. The van der Waals surface area contributed by atoms with Crippen LogP contribution in [0.25, 0.3) is 0 Å². The van der Waals surface area contributed by atoms with Gasteiger partial charge in [0.2, 0.25) is 6.43 Å². The lowest BCUT2D eigenvalue weighted by Crippen LogP contribution is -2.66. The summed E-state index contributed by atoms with van der Waals surface area (Å²) in [4.78, 5) is 19.0. The second-order valence-electron chi connectivity index (χ2n) is 19.6. The van der Waals surface area contributed by atoms with Crippen LogP contribution in [0.1, 0.15) is 69.2 Å². The average Bonchev–Trinajstić information content (AvgIpc) is 3.25. The first-order valence-electron chi connectivity index (χ1n) is 22.6. The zero-order valence-corrected chi connectivity index (χ0v) is 39.8. The van der Waals surface area contributed by atoms with Gasteiger partial charge in [-0.3, -0.25) is 9.69 Å². The number of nitrogens with zero attached hydrogens (tertiary/aromatic N) is 3. The van der Waals surface area contributed by atoms with E-state index in [4.69, 9.17) is 0 Å². The largest absolute Gasteiger partial charge is 0.501 e. The molecule has 2 saturated heterocycles. The van der Waals surface area contributed by atoms with Gasteiger partial charge in [-0.05, 0) is 110 Å². The molecule has 360 valence electrons. The second kappa shape index (κ2) is 19.0. The molecule has 2 aliphatic heterocycles. The second-order valence-corrected chi connectivity index (χ2v) is 24.3. The monoisotopic (exact) mass is 978 g/mol. The highest BCUT2D eigenvalue weighted by atomic mass is 32.2. The lowest BCUT2D eigenvalue weighted by atomic mass is 9.32. The average molecular weight is 979 g/mol. The van der Waals surface area contributed by atoms with Crippen LogP contribution >= 0.6 is 11.8 Å².